The molecule has 0 aromatic heterocycles. The van der Waals surface area contributed by atoms with Crippen LogP contribution in [0.5, 0.6) is 0 Å². The van der Waals surface area contributed by atoms with Gasteiger partial charge in [0.25, 0.3) is 0 Å². The van der Waals surface area contributed by atoms with E-state index in [9.17, 15) is 0 Å². The number of hydrogen-bond donors (Lipinski definition) is 2. The summed E-state index contributed by atoms with van der Waals surface area (Å²) >= 11 is 0. The topological polar surface area (TPSA) is 61.8 Å². The lowest BCUT2D eigenvalue weighted by Crippen LogP contribution is -2.29. The van der Waals surface area contributed by atoms with Crippen molar-refractivity contribution < 1.29 is 5.21 Å². The van der Waals surface area contributed by atoms with E-state index in [-0.39, 0.29) is 5.84 Å². The maximum Gasteiger partial charge on any atom is 0.172 e. The van der Waals surface area contributed by atoms with E-state index >= 15 is 0 Å². The Hall–Kier alpha value is -1.71. The molecule has 0 saturated carbocycles. The van der Waals surface area contributed by atoms with Gasteiger partial charge in [-0.2, -0.15) is 0 Å². The first-order chi connectivity index (χ1) is 8.65. The second-order valence-electron chi connectivity index (χ2n) is 4.44. The fraction of sp³-hybridized carbons (Fsp3) is 0.500. The van der Waals surface area contributed by atoms with Crippen LogP contribution in [0, 0.1) is 6.92 Å². The molecule has 0 atom stereocenters. The molecule has 18 heavy (non-hydrogen) atoms. The Balaban J connectivity index is 3.25. The number of benzene rings is 1. The molecule has 0 unspecified atom stereocenters. The van der Waals surface area contributed by atoms with Gasteiger partial charge in [-0.05, 0) is 31.4 Å². The summed E-state index contributed by atoms with van der Waals surface area (Å²) in [4.78, 5) is 2.31. The number of nitrogens with two attached hydrogens (primary N) is 1. The first-order valence-electron chi connectivity index (χ1n) is 6.48. The van der Waals surface area contributed by atoms with E-state index in [0.29, 0.717) is 0 Å². The molecule has 0 radical (unpaired) electrons. The monoisotopic (exact) mass is 249 g/mol. The van der Waals surface area contributed by atoms with Gasteiger partial charge < -0.3 is 15.8 Å². The Morgan fingerprint density at radius 3 is 2.39 bits per heavy atom. The molecule has 0 heterocycles. The number of anilines is 1. The first-order valence-corrected chi connectivity index (χ1v) is 6.48. The predicted octanol–water partition coefficient (Wildman–Crippen LogP) is 2.72. The van der Waals surface area contributed by atoms with Gasteiger partial charge in [0.1, 0.15) is 0 Å². The predicted molar refractivity (Wildman–Crippen MR) is 76.5 cm³/mol. The van der Waals surface area contributed by atoms with E-state index in [4.69, 9.17) is 10.9 Å². The van der Waals surface area contributed by atoms with Crippen molar-refractivity contribution in [3.8, 4) is 0 Å². The van der Waals surface area contributed by atoms with Crippen molar-refractivity contribution in [2.45, 2.75) is 33.6 Å². The van der Waals surface area contributed by atoms with E-state index < -0.39 is 0 Å². The van der Waals surface area contributed by atoms with Crippen LogP contribution in [0.25, 0.3) is 0 Å². The number of para-hydroxylation sites is 1. The van der Waals surface area contributed by atoms with Gasteiger partial charge in [0.05, 0.1) is 5.69 Å². The Kier molecular flexibility index (Phi) is 5.49. The van der Waals surface area contributed by atoms with Gasteiger partial charge in [0.2, 0.25) is 0 Å². The maximum atomic E-state index is 8.89. The van der Waals surface area contributed by atoms with Gasteiger partial charge in [-0.15, -0.1) is 0 Å². The van der Waals surface area contributed by atoms with Crippen molar-refractivity contribution in [2.75, 3.05) is 18.0 Å². The number of nitrogens with zero attached hydrogens (tertiary/aromatic N) is 2. The van der Waals surface area contributed by atoms with E-state index in [1.54, 1.807) is 0 Å². The third-order valence-corrected chi connectivity index (χ3v) is 2.92. The number of oxime groups is 1. The lowest BCUT2D eigenvalue weighted by molar-refractivity contribution is 0.318. The fourth-order valence-corrected chi connectivity index (χ4v) is 2.21. The maximum absolute atomic E-state index is 8.89. The van der Waals surface area contributed by atoms with Crippen LogP contribution in [0.1, 0.15) is 37.8 Å². The highest BCUT2D eigenvalue weighted by atomic mass is 16.4. The summed E-state index contributed by atoms with van der Waals surface area (Å²) in [7, 11) is 0. The zero-order chi connectivity index (χ0) is 13.5. The summed E-state index contributed by atoms with van der Waals surface area (Å²) in [6, 6.07) is 5.89. The van der Waals surface area contributed by atoms with Gasteiger partial charge in [0, 0.05) is 18.7 Å². The molecular weight excluding hydrogens is 226 g/mol. The van der Waals surface area contributed by atoms with Gasteiger partial charge in [-0.1, -0.05) is 31.1 Å². The molecule has 0 bridgehead atoms. The minimum Gasteiger partial charge on any atom is -0.409 e. The molecule has 1 aromatic carbocycles. The van der Waals surface area contributed by atoms with Crippen molar-refractivity contribution in [3.63, 3.8) is 0 Å². The number of aryl methyl sites for hydroxylation is 1. The second-order valence-corrected chi connectivity index (χ2v) is 4.44. The van der Waals surface area contributed by atoms with Crippen LogP contribution in [0.2, 0.25) is 0 Å². The quantitative estimate of drug-likeness (QED) is 0.353. The third kappa shape index (κ3) is 3.15. The molecule has 3 N–H and O–H groups in total. The average Bonchev–Trinajstić information content (AvgIpc) is 2.37. The molecule has 0 aliphatic carbocycles. The number of hydrogen-bond acceptors (Lipinski definition) is 3. The van der Waals surface area contributed by atoms with Crippen molar-refractivity contribution >= 4 is 11.5 Å². The standard InChI is InChI=1S/C14H23N3O/c1-4-9-17(10-5-2)13-11(3)7-6-8-12(13)14(15)16-18/h6-8,18H,4-5,9-10H2,1-3H3,(H2,15,16). The summed E-state index contributed by atoms with van der Waals surface area (Å²) in [5, 5.41) is 12.0. The summed E-state index contributed by atoms with van der Waals surface area (Å²) < 4.78 is 0. The zero-order valence-electron chi connectivity index (χ0n) is 11.5. The van der Waals surface area contributed by atoms with E-state index in [1.165, 1.54) is 0 Å². The highest BCUT2D eigenvalue weighted by Crippen LogP contribution is 2.25. The van der Waals surface area contributed by atoms with Crippen molar-refractivity contribution in [1.82, 2.24) is 0 Å². The fourth-order valence-electron chi connectivity index (χ4n) is 2.21. The SMILES string of the molecule is CCCN(CCC)c1c(C)cccc1/C(N)=N/O. The number of rotatable bonds is 6. The smallest absolute Gasteiger partial charge is 0.172 e. The van der Waals surface area contributed by atoms with Gasteiger partial charge >= 0.3 is 0 Å². The van der Waals surface area contributed by atoms with Gasteiger partial charge in [-0.3, -0.25) is 0 Å². The summed E-state index contributed by atoms with van der Waals surface area (Å²) in [5.74, 6) is 0.172. The highest BCUT2D eigenvalue weighted by molar-refractivity contribution is 6.02. The summed E-state index contributed by atoms with van der Waals surface area (Å²) in [6.45, 7) is 8.32. The molecule has 0 fully saturated rings. The molecule has 0 spiro atoms. The molecule has 1 aromatic rings. The van der Waals surface area contributed by atoms with Crippen LogP contribution in [-0.2, 0) is 0 Å². The van der Waals surface area contributed by atoms with E-state index in [0.717, 1.165) is 42.7 Å². The zero-order valence-corrected chi connectivity index (χ0v) is 11.5. The minimum atomic E-state index is 0.172. The first kappa shape index (κ1) is 14.4. The average molecular weight is 249 g/mol. The third-order valence-electron chi connectivity index (χ3n) is 2.92. The molecule has 0 aliphatic rings. The normalized spacial score (nSPS) is 11.6. The van der Waals surface area contributed by atoms with Crippen molar-refractivity contribution in [2.24, 2.45) is 10.9 Å². The number of amidine groups is 1. The Morgan fingerprint density at radius 2 is 1.89 bits per heavy atom. The molecule has 4 nitrogen and oxygen atoms in total. The lowest BCUT2D eigenvalue weighted by atomic mass is 10.1. The summed E-state index contributed by atoms with van der Waals surface area (Å²) in [5.41, 5.74) is 8.81. The Bertz CT molecular complexity index is 410. The van der Waals surface area contributed by atoms with Gasteiger partial charge in [-0.25, -0.2) is 0 Å². The van der Waals surface area contributed by atoms with Crippen LogP contribution in [0.4, 0.5) is 5.69 Å². The van der Waals surface area contributed by atoms with E-state index in [1.807, 2.05) is 12.1 Å². The molecular formula is C14H23N3O. The molecule has 0 amide bonds. The van der Waals surface area contributed by atoms with E-state index in [2.05, 4.69) is 36.9 Å². The van der Waals surface area contributed by atoms with Crippen molar-refractivity contribution in [1.29, 1.82) is 0 Å². The lowest BCUT2D eigenvalue weighted by Gasteiger charge is -2.27. The summed E-state index contributed by atoms with van der Waals surface area (Å²) in [6.07, 6.45) is 2.15. The molecule has 0 aliphatic heterocycles. The molecule has 4 heteroatoms. The largest absolute Gasteiger partial charge is 0.409 e. The second kappa shape index (κ2) is 6.89. The van der Waals surface area contributed by atoms with Gasteiger partial charge in [0.15, 0.2) is 5.84 Å². The van der Waals surface area contributed by atoms with Crippen LogP contribution in [-0.4, -0.2) is 24.1 Å². The van der Waals surface area contributed by atoms with Crippen LogP contribution in [0.3, 0.4) is 0 Å². The Labute approximate surface area is 109 Å². The van der Waals surface area contributed by atoms with Crippen molar-refractivity contribution in [3.05, 3.63) is 29.3 Å². The Morgan fingerprint density at radius 1 is 1.28 bits per heavy atom. The molecule has 1 rings (SSSR count). The molecule has 100 valence electrons. The van der Waals surface area contributed by atoms with Crippen LogP contribution >= 0.6 is 0 Å². The van der Waals surface area contributed by atoms with Crippen LogP contribution in [0.15, 0.2) is 23.4 Å². The highest BCUT2D eigenvalue weighted by Gasteiger charge is 2.15. The molecule has 0 saturated heterocycles. The minimum absolute atomic E-state index is 0.172. The van der Waals surface area contributed by atoms with Crippen LogP contribution < -0.4 is 10.6 Å².